The first-order chi connectivity index (χ1) is 9.34. The predicted octanol–water partition coefficient (Wildman–Crippen LogP) is 0.613. The summed E-state index contributed by atoms with van der Waals surface area (Å²) < 4.78 is 6.38. The Kier molecular flexibility index (Phi) is 5.82. The lowest BCUT2D eigenvalue weighted by Gasteiger charge is -2.29. The van der Waals surface area contributed by atoms with Crippen molar-refractivity contribution in [1.82, 2.24) is 20.1 Å². The Hall–Kier alpha value is -1.28. The van der Waals surface area contributed by atoms with Crippen LogP contribution in [0.4, 0.5) is 0 Å². The fourth-order valence-corrected chi connectivity index (χ4v) is 3.02. The van der Waals surface area contributed by atoms with Crippen LogP contribution in [0.5, 0.6) is 0 Å². The third-order valence-corrected chi connectivity index (χ3v) is 4.06. The molecule has 0 aliphatic heterocycles. The molecule has 8 heteroatoms. The van der Waals surface area contributed by atoms with E-state index in [9.17, 15) is 9.59 Å². The number of methoxy groups -OCH3 is 1. The van der Waals surface area contributed by atoms with Gasteiger partial charge < -0.3 is 4.74 Å². The average molecular weight is 302 g/mol. The van der Waals surface area contributed by atoms with Crippen LogP contribution in [0.25, 0.3) is 0 Å². The summed E-state index contributed by atoms with van der Waals surface area (Å²) in [6, 6.07) is 0.132. The monoisotopic (exact) mass is 302 g/mol. The van der Waals surface area contributed by atoms with E-state index in [-0.39, 0.29) is 17.7 Å². The van der Waals surface area contributed by atoms with E-state index < -0.39 is 5.54 Å². The minimum Gasteiger partial charge on any atom is -0.468 e. The molecule has 0 radical (unpaired) electrons. The van der Waals surface area contributed by atoms with Crippen LogP contribution in [0.2, 0.25) is 0 Å². The van der Waals surface area contributed by atoms with Crippen LogP contribution in [0.3, 0.4) is 0 Å². The van der Waals surface area contributed by atoms with E-state index in [1.165, 1.54) is 23.4 Å². The van der Waals surface area contributed by atoms with Gasteiger partial charge in [0.15, 0.2) is 5.16 Å². The number of esters is 1. The maximum Gasteiger partial charge on any atom is 0.343 e. The Morgan fingerprint density at radius 2 is 2.25 bits per heavy atom. The molecule has 1 unspecified atom stereocenters. The number of rotatable bonds is 7. The third kappa shape index (κ3) is 3.86. The fraction of sp³-hybridized carbons (Fsp3) is 0.750. The second-order valence-corrected chi connectivity index (χ2v) is 5.91. The van der Waals surface area contributed by atoms with Crippen molar-refractivity contribution in [2.75, 3.05) is 12.9 Å². The number of hydrogen-bond donors (Lipinski definition) is 2. The topological polar surface area (TPSA) is 89.0 Å². The van der Waals surface area contributed by atoms with Crippen LogP contribution >= 0.6 is 11.8 Å². The highest BCUT2D eigenvalue weighted by Crippen LogP contribution is 2.21. The number of aromatic amines is 1. The zero-order chi connectivity index (χ0) is 15.3. The minimum atomic E-state index is -0.832. The van der Waals surface area contributed by atoms with Gasteiger partial charge in [-0.1, -0.05) is 11.8 Å². The zero-order valence-corrected chi connectivity index (χ0v) is 13.3. The van der Waals surface area contributed by atoms with E-state index >= 15 is 0 Å². The first kappa shape index (κ1) is 16.8. The average Bonchev–Trinajstić information content (AvgIpc) is 2.75. The molecule has 0 fully saturated rings. The summed E-state index contributed by atoms with van der Waals surface area (Å²) in [4.78, 5) is 23.4. The molecule has 1 rings (SSSR count). The van der Waals surface area contributed by atoms with Gasteiger partial charge in [-0.05, 0) is 27.7 Å². The standard InChI is InChI=1S/C12H22N4O3S/c1-6-16-10(18)14-15-11(16)20-7-12(4,9(17)19-5)13-8(2)3/h8,13H,6-7H2,1-5H3,(H,14,18). The van der Waals surface area contributed by atoms with Gasteiger partial charge in [0.25, 0.3) is 0 Å². The molecule has 0 aliphatic rings. The summed E-state index contributed by atoms with van der Waals surface area (Å²) in [5.74, 6) is 0.0851. The Balaban J connectivity index is 2.86. The maximum atomic E-state index is 12.0. The van der Waals surface area contributed by atoms with Gasteiger partial charge >= 0.3 is 11.7 Å². The van der Waals surface area contributed by atoms with E-state index in [0.29, 0.717) is 17.5 Å². The summed E-state index contributed by atoms with van der Waals surface area (Å²) >= 11 is 1.34. The van der Waals surface area contributed by atoms with Gasteiger partial charge in [-0.25, -0.2) is 9.89 Å². The highest BCUT2D eigenvalue weighted by atomic mass is 32.2. The molecule has 1 heterocycles. The van der Waals surface area contributed by atoms with Crippen molar-refractivity contribution >= 4 is 17.7 Å². The molecule has 0 aliphatic carbocycles. The highest BCUT2D eigenvalue weighted by Gasteiger charge is 2.35. The lowest BCUT2D eigenvalue weighted by molar-refractivity contribution is -0.147. The first-order valence-electron chi connectivity index (χ1n) is 6.48. The number of carbonyl (C=O) groups excluding carboxylic acids is 1. The molecule has 0 amide bonds. The molecule has 114 valence electrons. The summed E-state index contributed by atoms with van der Waals surface area (Å²) in [6.07, 6.45) is 0. The van der Waals surface area contributed by atoms with Crippen molar-refractivity contribution in [2.45, 2.75) is 51.0 Å². The van der Waals surface area contributed by atoms with Crippen LogP contribution in [0.1, 0.15) is 27.7 Å². The molecule has 0 saturated heterocycles. The number of thioether (sulfide) groups is 1. The van der Waals surface area contributed by atoms with Crippen LogP contribution in [-0.2, 0) is 16.1 Å². The second-order valence-electron chi connectivity index (χ2n) is 4.97. The number of nitrogens with zero attached hydrogens (tertiary/aromatic N) is 2. The van der Waals surface area contributed by atoms with Crippen molar-refractivity contribution in [3.05, 3.63) is 10.5 Å². The number of carbonyl (C=O) groups is 1. The van der Waals surface area contributed by atoms with Gasteiger partial charge in [0.05, 0.1) is 7.11 Å². The predicted molar refractivity (Wildman–Crippen MR) is 77.9 cm³/mol. The third-order valence-electron chi connectivity index (χ3n) is 2.77. The van der Waals surface area contributed by atoms with E-state index in [0.717, 1.165) is 0 Å². The van der Waals surface area contributed by atoms with Crippen molar-refractivity contribution < 1.29 is 9.53 Å². The first-order valence-corrected chi connectivity index (χ1v) is 7.46. The summed E-state index contributed by atoms with van der Waals surface area (Å²) in [5.41, 5.74) is -1.08. The normalized spacial score (nSPS) is 14.3. The lowest BCUT2D eigenvalue weighted by Crippen LogP contribution is -2.55. The quantitative estimate of drug-likeness (QED) is 0.567. The zero-order valence-electron chi connectivity index (χ0n) is 12.5. The molecule has 2 N–H and O–H groups in total. The number of aromatic nitrogens is 3. The van der Waals surface area contributed by atoms with Gasteiger partial charge in [-0.3, -0.25) is 14.7 Å². The van der Waals surface area contributed by atoms with Crippen LogP contribution in [0, 0.1) is 0 Å². The molecule has 1 atom stereocenters. The van der Waals surface area contributed by atoms with E-state index in [4.69, 9.17) is 4.74 Å². The molecule has 0 spiro atoms. The smallest absolute Gasteiger partial charge is 0.343 e. The van der Waals surface area contributed by atoms with Crippen LogP contribution in [-0.4, -0.2) is 45.2 Å². The number of H-pyrrole nitrogens is 1. The van der Waals surface area contributed by atoms with Crippen molar-refractivity contribution in [2.24, 2.45) is 0 Å². The number of hydrogen-bond acceptors (Lipinski definition) is 6. The summed E-state index contributed by atoms with van der Waals surface area (Å²) in [7, 11) is 1.36. The summed E-state index contributed by atoms with van der Waals surface area (Å²) in [6.45, 7) is 8.11. The van der Waals surface area contributed by atoms with E-state index in [2.05, 4.69) is 15.5 Å². The van der Waals surface area contributed by atoms with Gasteiger partial charge in [0, 0.05) is 18.3 Å². The van der Waals surface area contributed by atoms with E-state index in [1.54, 1.807) is 6.92 Å². The van der Waals surface area contributed by atoms with Crippen molar-refractivity contribution in [3.63, 3.8) is 0 Å². The molecular weight excluding hydrogens is 280 g/mol. The largest absolute Gasteiger partial charge is 0.468 e. The van der Waals surface area contributed by atoms with Gasteiger partial charge in [-0.15, -0.1) is 5.10 Å². The number of nitrogens with one attached hydrogen (secondary N) is 2. The van der Waals surface area contributed by atoms with E-state index in [1.807, 2.05) is 20.8 Å². The molecule has 0 aromatic carbocycles. The van der Waals surface area contributed by atoms with Crippen molar-refractivity contribution in [1.29, 1.82) is 0 Å². The highest BCUT2D eigenvalue weighted by molar-refractivity contribution is 7.99. The molecule has 0 bridgehead atoms. The SMILES string of the molecule is CCn1c(SCC(C)(NC(C)C)C(=O)OC)n[nH]c1=O. The maximum absolute atomic E-state index is 12.0. The second kappa shape index (κ2) is 6.94. The Labute approximate surface area is 122 Å². The van der Waals surface area contributed by atoms with Crippen LogP contribution < -0.4 is 11.0 Å². The molecular formula is C12H22N4O3S. The lowest BCUT2D eigenvalue weighted by atomic mass is 10.0. The van der Waals surface area contributed by atoms with Gasteiger partial charge in [-0.2, -0.15) is 0 Å². The minimum absolute atomic E-state index is 0.132. The number of ether oxygens (including phenoxy) is 1. The van der Waals surface area contributed by atoms with Crippen molar-refractivity contribution in [3.8, 4) is 0 Å². The van der Waals surface area contributed by atoms with Crippen LogP contribution in [0.15, 0.2) is 9.95 Å². The fourth-order valence-electron chi connectivity index (χ4n) is 1.92. The molecule has 0 saturated carbocycles. The van der Waals surface area contributed by atoms with Gasteiger partial charge in [0.2, 0.25) is 0 Å². The Morgan fingerprint density at radius 1 is 1.60 bits per heavy atom. The summed E-state index contributed by atoms with van der Waals surface area (Å²) in [5, 5.41) is 10.1. The Morgan fingerprint density at radius 3 is 2.75 bits per heavy atom. The molecule has 1 aromatic heterocycles. The molecule has 1 aromatic rings. The molecule has 20 heavy (non-hydrogen) atoms. The molecule has 7 nitrogen and oxygen atoms in total. The Bertz CT molecular complexity index is 511. The van der Waals surface area contributed by atoms with Gasteiger partial charge in [0.1, 0.15) is 5.54 Å².